The number of fused-ring (bicyclic) bond motifs is 1. The Hall–Kier alpha value is -1.30. The van der Waals surface area contributed by atoms with Crippen molar-refractivity contribution in [1.82, 2.24) is 19.8 Å². The molecule has 0 unspecified atom stereocenters. The van der Waals surface area contributed by atoms with Crippen LogP contribution in [0.25, 0.3) is 5.65 Å². The first kappa shape index (κ1) is 7.35. The summed E-state index contributed by atoms with van der Waals surface area (Å²) < 4.78 is 6.46. The Morgan fingerprint density at radius 1 is 1.58 bits per heavy atom. The summed E-state index contributed by atoms with van der Waals surface area (Å²) in [6.07, 6.45) is 1.54. The molecule has 2 aromatic heterocycles. The van der Waals surface area contributed by atoms with Crippen LogP contribution in [0.1, 0.15) is 0 Å². The zero-order valence-corrected chi connectivity index (χ0v) is 7.19. The van der Waals surface area contributed by atoms with Crippen molar-refractivity contribution in [3.8, 4) is 5.88 Å². The van der Waals surface area contributed by atoms with Crippen LogP contribution in [0.15, 0.2) is 17.3 Å². The molecule has 0 aliphatic rings. The molecule has 12 heavy (non-hydrogen) atoms. The standard InChI is InChI=1S/C6H6N4OS/c1-11-5-2-6(12)10-4(8-5)3-7-9-10/h2-3,12H,1H3. The third kappa shape index (κ3) is 1.00. The summed E-state index contributed by atoms with van der Waals surface area (Å²) in [6.45, 7) is 0. The van der Waals surface area contributed by atoms with E-state index in [1.54, 1.807) is 19.4 Å². The molecule has 0 spiro atoms. The van der Waals surface area contributed by atoms with Crippen LogP contribution in [0.5, 0.6) is 5.88 Å². The molecule has 62 valence electrons. The number of nitrogens with zero attached hydrogens (tertiary/aromatic N) is 4. The monoisotopic (exact) mass is 182 g/mol. The molecule has 0 aliphatic carbocycles. The third-order valence-electron chi connectivity index (χ3n) is 1.43. The van der Waals surface area contributed by atoms with Crippen LogP contribution in [-0.2, 0) is 0 Å². The smallest absolute Gasteiger partial charge is 0.217 e. The Morgan fingerprint density at radius 2 is 2.42 bits per heavy atom. The Bertz CT molecular complexity index is 413. The zero-order chi connectivity index (χ0) is 8.55. The fourth-order valence-corrected chi connectivity index (χ4v) is 1.14. The average molecular weight is 182 g/mol. The van der Waals surface area contributed by atoms with Gasteiger partial charge in [-0.2, -0.15) is 9.50 Å². The van der Waals surface area contributed by atoms with Gasteiger partial charge in [0.2, 0.25) is 5.88 Å². The number of rotatable bonds is 1. The highest BCUT2D eigenvalue weighted by molar-refractivity contribution is 7.80. The van der Waals surface area contributed by atoms with Crippen LogP contribution in [-0.4, -0.2) is 26.9 Å². The van der Waals surface area contributed by atoms with E-state index in [-0.39, 0.29) is 0 Å². The SMILES string of the molecule is COc1cc(S)n2nncc2n1. The van der Waals surface area contributed by atoms with Crippen molar-refractivity contribution in [3.05, 3.63) is 12.3 Å². The maximum atomic E-state index is 4.94. The summed E-state index contributed by atoms with van der Waals surface area (Å²) in [6, 6.07) is 1.67. The van der Waals surface area contributed by atoms with Crippen molar-refractivity contribution >= 4 is 18.3 Å². The lowest BCUT2D eigenvalue weighted by molar-refractivity contribution is 0.396. The lowest BCUT2D eigenvalue weighted by Gasteiger charge is -2.00. The van der Waals surface area contributed by atoms with Gasteiger partial charge in [0.1, 0.15) is 5.03 Å². The van der Waals surface area contributed by atoms with E-state index < -0.39 is 0 Å². The summed E-state index contributed by atoms with van der Waals surface area (Å²) in [5.41, 5.74) is 0.624. The van der Waals surface area contributed by atoms with Gasteiger partial charge in [-0.3, -0.25) is 0 Å². The molecule has 0 aliphatic heterocycles. The van der Waals surface area contributed by atoms with Gasteiger partial charge in [-0.25, -0.2) is 0 Å². The van der Waals surface area contributed by atoms with E-state index in [1.165, 1.54) is 4.52 Å². The molecule has 2 rings (SSSR count). The van der Waals surface area contributed by atoms with Crippen molar-refractivity contribution in [2.45, 2.75) is 5.03 Å². The molecule has 0 radical (unpaired) electrons. The normalized spacial score (nSPS) is 10.5. The van der Waals surface area contributed by atoms with E-state index in [0.717, 1.165) is 0 Å². The molecule has 0 saturated carbocycles. The van der Waals surface area contributed by atoms with Gasteiger partial charge < -0.3 is 4.74 Å². The lowest BCUT2D eigenvalue weighted by atomic mass is 10.6. The van der Waals surface area contributed by atoms with Gasteiger partial charge in [0.15, 0.2) is 5.65 Å². The van der Waals surface area contributed by atoms with Gasteiger partial charge >= 0.3 is 0 Å². The Balaban J connectivity index is 2.75. The zero-order valence-electron chi connectivity index (χ0n) is 6.30. The fraction of sp³-hybridized carbons (Fsp3) is 0.167. The molecule has 0 amide bonds. The van der Waals surface area contributed by atoms with Crippen molar-refractivity contribution in [1.29, 1.82) is 0 Å². The first-order valence-corrected chi connectivity index (χ1v) is 3.70. The molecular weight excluding hydrogens is 176 g/mol. The largest absolute Gasteiger partial charge is 0.481 e. The van der Waals surface area contributed by atoms with Gasteiger partial charge in [-0.1, -0.05) is 5.21 Å². The first-order valence-electron chi connectivity index (χ1n) is 3.25. The summed E-state index contributed by atoms with van der Waals surface area (Å²) in [5, 5.41) is 8.10. The second-order valence-electron chi connectivity index (χ2n) is 2.16. The maximum absolute atomic E-state index is 4.94. The molecule has 0 fully saturated rings. The predicted octanol–water partition coefficient (Wildman–Crippen LogP) is 0.422. The van der Waals surface area contributed by atoms with Gasteiger partial charge in [0, 0.05) is 6.07 Å². The summed E-state index contributed by atoms with van der Waals surface area (Å²) in [7, 11) is 1.55. The van der Waals surface area contributed by atoms with Crippen LogP contribution in [0.2, 0.25) is 0 Å². The van der Waals surface area contributed by atoms with Crippen LogP contribution in [0.3, 0.4) is 0 Å². The molecule has 0 saturated heterocycles. The molecule has 0 aromatic carbocycles. The van der Waals surface area contributed by atoms with Gasteiger partial charge in [0.25, 0.3) is 0 Å². The minimum Gasteiger partial charge on any atom is -0.481 e. The van der Waals surface area contributed by atoms with E-state index in [2.05, 4.69) is 27.9 Å². The number of hydrogen-bond acceptors (Lipinski definition) is 5. The van der Waals surface area contributed by atoms with Crippen molar-refractivity contribution in [2.75, 3.05) is 7.11 Å². The van der Waals surface area contributed by atoms with Crippen LogP contribution >= 0.6 is 12.6 Å². The Kier molecular flexibility index (Phi) is 1.61. The van der Waals surface area contributed by atoms with Gasteiger partial charge in [0.05, 0.1) is 13.3 Å². The first-order chi connectivity index (χ1) is 5.81. The van der Waals surface area contributed by atoms with Crippen LogP contribution in [0, 0.1) is 0 Å². The minimum absolute atomic E-state index is 0.509. The molecule has 0 N–H and O–H groups in total. The van der Waals surface area contributed by atoms with E-state index >= 15 is 0 Å². The Morgan fingerprint density at radius 3 is 3.17 bits per heavy atom. The fourth-order valence-electron chi connectivity index (χ4n) is 0.890. The number of ether oxygens (including phenoxy) is 1. The summed E-state index contributed by atoms with van der Waals surface area (Å²) in [4.78, 5) is 4.08. The highest BCUT2D eigenvalue weighted by Crippen LogP contribution is 2.14. The predicted molar refractivity (Wildman–Crippen MR) is 44.6 cm³/mol. The lowest BCUT2D eigenvalue weighted by Crippen LogP contribution is -1.95. The molecular formula is C6H6N4OS. The topological polar surface area (TPSA) is 52.3 Å². The van der Waals surface area contributed by atoms with Crippen LogP contribution in [0.4, 0.5) is 0 Å². The average Bonchev–Trinajstić information content (AvgIpc) is 2.52. The molecule has 6 heteroatoms. The molecule has 5 nitrogen and oxygen atoms in total. The highest BCUT2D eigenvalue weighted by Gasteiger charge is 2.03. The van der Waals surface area contributed by atoms with Crippen molar-refractivity contribution in [2.24, 2.45) is 0 Å². The second-order valence-corrected chi connectivity index (χ2v) is 2.62. The minimum atomic E-state index is 0.509. The second kappa shape index (κ2) is 2.63. The number of methoxy groups -OCH3 is 1. The number of thiol groups is 1. The maximum Gasteiger partial charge on any atom is 0.217 e. The molecule has 0 bridgehead atoms. The molecule has 0 atom stereocenters. The van der Waals surface area contributed by atoms with E-state index in [9.17, 15) is 0 Å². The summed E-state index contributed by atoms with van der Waals surface area (Å²) >= 11 is 4.18. The van der Waals surface area contributed by atoms with Crippen molar-refractivity contribution < 1.29 is 4.74 Å². The third-order valence-corrected chi connectivity index (χ3v) is 1.75. The van der Waals surface area contributed by atoms with E-state index in [4.69, 9.17) is 4.74 Å². The quantitative estimate of drug-likeness (QED) is 0.513. The van der Waals surface area contributed by atoms with Gasteiger partial charge in [-0.05, 0) is 0 Å². The van der Waals surface area contributed by atoms with E-state index in [1.807, 2.05) is 0 Å². The number of hydrogen-bond donors (Lipinski definition) is 1. The number of aromatic nitrogens is 4. The molecule has 2 heterocycles. The Labute approximate surface area is 73.8 Å². The van der Waals surface area contributed by atoms with Crippen LogP contribution < -0.4 is 4.74 Å². The van der Waals surface area contributed by atoms with E-state index in [0.29, 0.717) is 16.6 Å². The summed E-state index contributed by atoms with van der Waals surface area (Å²) in [5.74, 6) is 0.509. The molecule has 2 aromatic rings. The van der Waals surface area contributed by atoms with Gasteiger partial charge in [-0.15, -0.1) is 17.7 Å². The highest BCUT2D eigenvalue weighted by atomic mass is 32.1. The van der Waals surface area contributed by atoms with Crippen molar-refractivity contribution in [3.63, 3.8) is 0 Å².